The van der Waals surface area contributed by atoms with Crippen molar-refractivity contribution < 1.29 is 64.8 Å². The summed E-state index contributed by atoms with van der Waals surface area (Å²) in [6, 6.07) is 43.2. The molecular formula is C65H51F3N4O11S. The number of esters is 3. The van der Waals surface area contributed by atoms with Gasteiger partial charge in [0.2, 0.25) is 5.60 Å². The van der Waals surface area contributed by atoms with Crippen LogP contribution in [0.5, 0.6) is 11.5 Å². The molecule has 15 nitrogen and oxygen atoms in total. The highest BCUT2D eigenvalue weighted by Gasteiger charge is 2.60. The van der Waals surface area contributed by atoms with Gasteiger partial charge in [-0.2, -0.15) is 29.0 Å². The van der Waals surface area contributed by atoms with Gasteiger partial charge in [-0.05, 0) is 114 Å². The first kappa shape index (κ1) is 58.4. The van der Waals surface area contributed by atoms with E-state index in [-0.39, 0.29) is 62.9 Å². The third-order valence-corrected chi connectivity index (χ3v) is 14.7. The number of ether oxygens (including phenoxy) is 6. The number of furan rings is 2. The van der Waals surface area contributed by atoms with Gasteiger partial charge in [0, 0.05) is 44.8 Å². The van der Waals surface area contributed by atoms with Crippen LogP contribution in [0.3, 0.4) is 0 Å². The minimum atomic E-state index is -5.08. The Labute approximate surface area is 484 Å². The first-order chi connectivity index (χ1) is 40.7. The number of likely N-dealkylation sites (N-methyl/N-ethyl adjacent to an activating group) is 1. The van der Waals surface area contributed by atoms with Gasteiger partial charge in [0.25, 0.3) is 0 Å². The van der Waals surface area contributed by atoms with E-state index in [2.05, 4.69) is 6.07 Å². The average molecular weight is 1150 g/mol. The maximum absolute atomic E-state index is 14.7. The predicted molar refractivity (Wildman–Crippen MR) is 306 cm³/mol. The Bertz CT molecular complexity index is 3850. The van der Waals surface area contributed by atoms with Crippen LogP contribution in [0.15, 0.2) is 177 Å². The molecule has 8 aromatic rings. The molecule has 0 bridgehead atoms. The summed E-state index contributed by atoms with van der Waals surface area (Å²) in [7, 11) is 0. The van der Waals surface area contributed by atoms with E-state index in [9.17, 15) is 43.3 Å². The molecule has 1 aliphatic heterocycles. The van der Waals surface area contributed by atoms with Crippen molar-refractivity contribution in [3.63, 3.8) is 0 Å². The molecule has 1 unspecified atom stereocenters. The summed E-state index contributed by atoms with van der Waals surface area (Å²) in [5, 5.41) is 33.1. The first-order valence-corrected chi connectivity index (χ1v) is 27.1. The lowest BCUT2D eigenvalue weighted by Gasteiger charge is -2.28. The molecule has 0 fully saturated rings. The number of thiophene rings is 1. The second kappa shape index (κ2) is 26.5. The van der Waals surface area contributed by atoms with Gasteiger partial charge in [0.15, 0.2) is 11.3 Å². The van der Waals surface area contributed by atoms with Gasteiger partial charge in [-0.15, -0.1) is 11.3 Å². The fraction of sp³-hybridized carbons (Fsp3) is 0.200. The third-order valence-electron chi connectivity index (χ3n) is 13.6. The molecule has 424 valence electrons. The second-order valence-corrected chi connectivity index (χ2v) is 20.1. The zero-order valence-corrected chi connectivity index (χ0v) is 46.1. The molecule has 0 spiro atoms. The van der Waals surface area contributed by atoms with Crippen LogP contribution in [-0.2, 0) is 55.0 Å². The number of rotatable bonds is 23. The number of nitriles is 3. The standard InChI is InChI=1S/C65H51F3N4O11S/c1-3-72(26-29-78-60(73)24-25-61(74)81-41-57-54-14-6-4-10-43(54)30-44-11-5-7-15-55(44)57)48-19-16-42(17-20-48)18-23-59-46(33-53(84-59)21-22-58-56(37-71)62(47(35-69)36-70)83-64(58,2)65(66,67)68)38-82-63(75)45-31-51(79-39-49-12-8-27-76-49)34-52(32-45)80-40-50-13-9-28-77-50/h4-23,27-28,30-34H,3,24-26,29,38-41H2,1-2H3/b22-21+,23-18+. The van der Waals surface area contributed by atoms with Crippen LogP contribution in [0.2, 0.25) is 0 Å². The minimum absolute atomic E-state index is 0.0483. The topological polar surface area (TPSA) is 207 Å². The highest BCUT2D eigenvalue weighted by molar-refractivity contribution is 7.14. The van der Waals surface area contributed by atoms with Crippen LogP contribution in [0.1, 0.15) is 75.0 Å². The zero-order valence-electron chi connectivity index (χ0n) is 45.3. The molecule has 0 N–H and O–H groups in total. The summed E-state index contributed by atoms with van der Waals surface area (Å²) < 4.78 is 89.1. The van der Waals surface area contributed by atoms with Gasteiger partial charge in [-0.25, -0.2) is 4.79 Å². The van der Waals surface area contributed by atoms with Crippen molar-refractivity contribution >= 4 is 74.7 Å². The van der Waals surface area contributed by atoms with E-state index in [1.165, 1.54) is 42.9 Å². The number of nitrogens with zero attached hydrogens (tertiary/aromatic N) is 4. The molecule has 19 heteroatoms. The normalized spacial score (nSPS) is 14.0. The zero-order chi connectivity index (χ0) is 59.2. The van der Waals surface area contributed by atoms with Crippen molar-refractivity contribution in [1.29, 1.82) is 15.8 Å². The Morgan fingerprint density at radius 2 is 1.31 bits per heavy atom. The lowest BCUT2D eigenvalue weighted by Crippen LogP contribution is -2.43. The Morgan fingerprint density at radius 1 is 0.690 bits per heavy atom. The number of alkyl halides is 3. The molecule has 0 amide bonds. The number of anilines is 1. The van der Waals surface area contributed by atoms with Gasteiger partial charge in [-0.1, -0.05) is 72.8 Å². The maximum Gasteiger partial charge on any atom is 0.432 e. The number of hydrogen-bond acceptors (Lipinski definition) is 16. The average Bonchev–Trinajstić information content (AvgIpc) is 4.12. The summed E-state index contributed by atoms with van der Waals surface area (Å²) in [6.07, 6.45) is 3.60. The largest absolute Gasteiger partial charge is 0.485 e. The highest BCUT2D eigenvalue weighted by atomic mass is 32.1. The fourth-order valence-corrected chi connectivity index (χ4v) is 10.1. The van der Waals surface area contributed by atoms with Crippen molar-refractivity contribution in [3.05, 3.63) is 212 Å². The molecule has 1 aliphatic rings. The number of carbonyl (C=O) groups excluding carboxylic acids is 3. The highest BCUT2D eigenvalue weighted by Crippen LogP contribution is 2.50. The van der Waals surface area contributed by atoms with Crippen molar-refractivity contribution in [2.24, 2.45) is 0 Å². The van der Waals surface area contributed by atoms with Crippen molar-refractivity contribution in [2.45, 2.75) is 64.9 Å². The second-order valence-electron chi connectivity index (χ2n) is 19.0. The van der Waals surface area contributed by atoms with Crippen molar-refractivity contribution in [2.75, 3.05) is 24.6 Å². The van der Waals surface area contributed by atoms with Gasteiger partial charge in [0.05, 0.1) is 37.5 Å². The van der Waals surface area contributed by atoms with Crippen molar-refractivity contribution in [3.8, 4) is 29.7 Å². The molecule has 5 aromatic carbocycles. The maximum atomic E-state index is 14.7. The fourth-order valence-electron chi connectivity index (χ4n) is 9.16. The summed E-state index contributed by atoms with van der Waals surface area (Å²) >= 11 is 1.15. The van der Waals surface area contributed by atoms with Gasteiger partial charge < -0.3 is 42.2 Å². The molecule has 84 heavy (non-hydrogen) atoms. The molecular weight excluding hydrogens is 1100 g/mol. The van der Waals surface area contributed by atoms with Gasteiger partial charge >= 0.3 is 24.1 Å². The molecule has 0 saturated carbocycles. The number of fused-ring (bicyclic) bond motifs is 2. The Hall–Kier alpha value is -10.3. The Kier molecular flexibility index (Phi) is 18.4. The molecule has 0 aliphatic carbocycles. The SMILES string of the molecule is CCN(CCOC(=O)CCC(=O)OCc1c2ccccc2cc2ccccc12)c1ccc(/C=C/c2sc(/C=C/C3=C(C#N)C(=C(C#N)C#N)OC3(C)C(F)(F)F)cc2COC(=O)c2cc(OCc3ccco3)cc(OCc3ccco3)c2)cc1. The Balaban J connectivity index is 0.880. The van der Waals surface area contributed by atoms with Crippen LogP contribution >= 0.6 is 11.3 Å². The number of allylic oxidation sites excluding steroid dienone is 2. The number of hydrogen-bond donors (Lipinski definition) is 0. The van der Waals surface area contributed by atoms with E-state index < -0.39 is 52.2 Å². The molecule has 9 rings (SSSR count). The van der Waals surface area contributed by atoms with Crippen LogP contribution in [0.25, 0.3) is 39.8 Å². The molecule has 0 saturated heterocycles. The first-order valence-electron chi connectivity index (χ1n) is 26.3. The van der Waals surface area contributed by atoms with Gasteiger partial charge in [-0.3, -0.25) is 9.59 Å². The summed E-state index contributed by atoms with van der Waals surface area (Å²) in [4.78, 5) is 42.4. The number of halogens is 3. The van der Waals surface area contributed by atoms with E-state index in [1.807, 2.05) is 84.6 Å². The quantitative estimate of drug-likeness (QED) is 0.0253. The van der Waals surface area contributed by atoms with Gasteiger partial charge in [0.1, 0.15) is 79.8 Å². The van der Waals surface area contributed by atoms with Crippen LogP contribution in [-0.4, -0.2) is 49.4 Å². The lowest BCUT2D eigenvalue weighted by molar-refractivity contribution is -0.236. The smallest absolute Gasteiger partial charge is 0.432 e. The van der Waals surface area contributed by atoms with E-state index in [0.29, 0.717) is 46.9 Å². The summed E-state index contributed by atoms with van der Waals surface area (Å²) in [5.74, 6) is -0.972. The van der Waals surface area contributed by atoms with E-state index in [1.54, 1.807) is 54.6 Å². The lowest BCUT2D eigenvalue weighted by atomic mass is 9.92. The van der Waals surface area contributed by atoms with E-state index in [0.717, 1.165) is 55.8 Å². The minimum Gasteiger partial charge on any atom is -0.485 e. The Morgan fingerprint density at radius 3 is 1.88 bits per heavy atom. The predicted octanol–water partition coefficient (Wildman–Crippen LogP) is 14.3. The molecule has 4 heterocycles. The molecule has 1 atom stereocenters. The molecule has 0 radical (unpaired) electrons. The number of carbonyl (C=O) groups is 3. The van der Waals surface area contributed by atoms with E-state index in [4.69, 9.17) is 37.3 Å². The monoisotopic (exact) mass is 1150 g/mol. The van der Waals surface area contributed by atoms with Crippen LogP contribution < -0.4 is 14.4 Å². The van der Waals surface area contributed by atoms with Crippen molar-refractivity contribution in [1.82, 2.24) is 0 Å². The van der Waals surface area contributed by atoms with E-state index >= 15 is 0 Å². The van der Waals surface area contributed by atoms with Crippen LogP contribution in [0.4, 0.5) is 18.9 Å². The summed E-state index contributed by atoms with van der Waals surface area (Å²) in [5.41, 5.74) is -2.10. The van der Waals surface area contributed by atoms with Crippen LogP contribution in [0, 0.1) is 34.0 Å². The summed E-state index contributed by atoms with van der Waals surface area (Å²) in [6.45, 7) is 3.52. The third kappa shape index (κ3) is 13.9. The molecule has 3 aromatic heterocycles. The number of benzene rings is 5.